The van der Waals surface area contributed by atoms with Crippen molar-refractivity contribution in [1.29, 1.82) is 0 Å². The maximum absolute atomic E-state index is 10.9. The van der Waals surface area contributed by atoms with Gasteiger partial charge in [0, 0.05) is 11.1 Å². The van der Waals surface area contributed by atoms with Crippen LogP contribution in [0.4, 0.5) is 0 Å². The van der Waals surface area contributed by atoms with Crippen molar-refractivity contribution in [3.05, 3.63) is 47.9 Å². The Morgan fingerprint density at radius 3 is 2.64 bits per heavy atom. The van der Waals surface area contributed by atoms with Crippen LogP contribution in [-0.2, 0) is 9.47 Å². The van der Waals surface area contributed by atoms with E-state index in [1.165, 1.54) is 12.5 Å². The lowest BCUT2D eigenvalue weighted by molar-refractivity contribution is -0.0246. The van der Waals surface area contributed by atoms with Crippen LogP contribution < -0.4 is 5.73 Å². The molecule has 0 unspecified atom stereocenters. The molecule has 0 saturated heterocycles. The van der Waals surface area contributed by atoms with E-state index < -0.39 is 12.2 Å². The van der Waals surface area contributed by atoms with E-state index >= 15 is 0 Å². The van der Waals surface area contributed by atoms with E-state index in [4.69, 9.17) is 15.2 Å². The highest BCUT2D eigenvalue weighted by molar-refractivity contribution is 5.92. The second-order valence-corrected chi connectivity index (χ2v) is 2.87. The molecular weight excluding hydrogens is 182 g/mol. The molecule has 2 N–H and O–H groups in total. The Balaban J connectivity index is 2.26. The minimum atomic E-state index is -0.464. The molecule has 1 heterocycles. The molecule has 1 aromatic rings. The van der Waals surface area contributed by atoms with Crippen molar-refractivity contribution in [2.45, 2.75) is 6.29 Å². The first-order valence-corrected chi connectivity index (χ1v) is 4.13. The van der Waals surface area contributed by atoms with Crippen molar-refractivity contribution in [3.8, 4) is 0 Å². The summed E-state index contributed by atoms with van der Waals surface area (Å²) < 4.78 is 10.2. The molecule has 0 saturated carbocycles. The topological polar surface area (TPSA) is 61.6 Å². The van der Waals surface area contributed by atoms with E-state index in [1.54, 1.807) is 18.2 Å². The average molecular weight is 191 g/mol. The van der Waals surface area contributed by atoms with Crippen LogP contribution in [0.15, 0.2) is 36.8 Å². The highest BCUT2D eigenvalue weighted by Gasteiger charge is 2.16. The molecule has 4 nitrogen and oxygen atoms in total. The van der Waals surface area contributed by atoms with E-state index in [-0.39, 0.29) is 0 Å². The Kier molecular flexibility index (Phi) is 2.10. The molecule has 1 amide bonds. The Morgan fingerprint density at radius 1 is 1.29 bits per heavy atom. The second kappa shape index (κ2) is 3.41. The summed E-state index contributed by atoms with van der Waals surface area (Å²) in [5, 5.41) is 0. The first-order chi connectivity index (χ1) is 6.77. The molecule has 14 heavy (non-hydrogen) atoms. The van der Waals surface area contributed by atoms with E-state index in [0.29, 0.717) is 5.56 Å². The van der Waals surface area contributed by atoms with Gasteiger partial charge in [0.1, 0.15) is 12.5 Å². The average Bonchev–Trinajstić information content (AvgIpc) is 2.71. The van der Waals surface area contributed by atoms with Gasteiger partial charge in [-0.25, -0.2) is 0 Å². The molecule has 0 bridgehead atoms. The van der Waals surface area contributed by atoms with Gasteiger partial charge in [0.05, 0.1) is 0 Å². The summed E-state index contributed by atoms with van der Waals surface area (Å²) >= 11 is 0. The van der Waals surface area contributed by atoms with Gasteiger partial charge in [0.2, 0.25) is 5.91 Å². The minimum Gasteiger partial charge on any atom is -0.455 e. The zero-order valence-corrected chi connectivity index (χ0v) is 7.34. The molecule has 0 radical (unpaired) electrons. The summed E-state index contributed by atoms with van der Waals surface area (Å²) in [6.45, 7) is 0. The molecule has 1 aliphatic rings. The number of carbonyl (C=O) groups is 1. The summed E-state index contributed by atoms with van der Waals surface area (Å²) in [7, 11) is 0. The third-order valence-electron chi connectivity index (χ3n) is 1.90. The number of nitrogens with two attached hydrogens (primary N) is 1. The van der Waals surface area contributed by atoms with E-state index in [9.17, 15) is 4.79 Å². The number of primary amides is 1. The fourth-order valence-corrected chi connectivity index (χ4v) is 1.23. The van der Waals surface area contributed by atoms with E-state index in [1.807, 2.05) is 6.07 Å². The normalized spacial score (nSPS) is 14.9. The highest BCUT2D eigenvalue weighted by Crippen LogP contribution is 2.24. The molecule has 0 spiro atoms. The quantitative estimate of drug-likeness (QED) is 0.766. The number of rotatable bonds is 2. The van der Waals surface area contributed by atoms with Crippen LogP contribution in [0.2, 0.25) is 0 Å². The van der Waals surface area contributed by atoms with Gasteiger partial charge in [-0.2, -0.15) is 0 Å². The predicted octanol–water partition coefficient (Wildman–Crippen LogP) is 1.30. The SMILES string of the molecule is NC(=O)c1cccc(C2OC=CO2)c1. The Labute approximate surface area is 80.9 Å². The number of hydrogen-bond donors (Lipinski definition) is 1. The van der Waals surface area contributed by atoms with Gasteiger partial charge in [-0.05, 0) is 12.1 Å². The van der Waals surface area contributed by atoms with Crippen LogP contribution in [0.1, 0.15) is 22.2 Å². The second-order valence-electron chi connectivity index (χ2n) is 2.87. The fourth-order valence-electron chi connectivity index (χ4n) is 1.23. The van der Waals surface area contributed by atoms with Crippen LogP contribution in [-0.4, -0.2) is 5.91 Å². The van der Waals surface area contributed by atoms with Crippen LogP contribution in [0.5, 0.6) is 0 Å². The van der Waals surface area contributed by atoms with Crippen molar-refractivity contribution in [3.63, 3.8) is 0 Å². The van der Waals surface area contributed by atoms with Crippen molar-refractivity contribution >= 4 is 5.91 Å². The number of carbonyl (C=O) groups excluding carboxylic acids is 1. The summed E-state index contributed by atoms with van der Waals surface area (Å²) in [4.78, 5) is 10.9. The van der Waals surface area contributed by atoms with Crippen molar-refractivity contribution in [2.75, 3.05) is 0 Å². The molecule has 2 rings (SSSR count). The lowest BCUT2D eigenvalue weighted by Crippen LogP contribution is -2.11. The third kappa shape index (κ3) is 1.54. The van der Waals surface area contributed by atoms with E-state index in [0.717, 1.165) is 5.56 Å². The molecule has 1 aliphatic heterocycles. The van der Waals surface area contributed by atoms with Crippen molar-refractivity contribution in [2.24, 2.45) is 5.73 Å². The number of ether oxygens (including phenoxy) is 2. The molecule has 0 atom stereocenters. The molecular formula is C10H9NO3. The molecule has 0 aromatic heterocycles. The summed E-state index contributed by atoms with van der Waals surface area (Å²) in [6, 6.07) is 6.85. The third-order valence-corrected chi connectivity index (χ3v) is 1.90. The van der Waals surface area contributed by atoms with Gasteiger partial charge in [-0.15, -0.1) is 0 Å². The van der Waals surface area contributed by atoms with Crippen LogP contribution >= 0.6 is 0 Å². The Bertz CT molecular complexity index is 379. The summed E-state index contributed by atoms with van der Waals surface area (Å²) in [6.07, 6.45) is 2.46. The van der Waals surface area contributed by atoms with Gasteiger partial charge < -0.3 is 15.2 Å². The largest absolute Gasteiger partial charge is 0.455 e. The Morgan fingerprint density at radius 2 is 2.00 bits per heavy atom. The first-order valence-electron chi connectivity index (χ1n) is 4.13. The minimum absolute atomic E-state index is 0.446. The monoisotopic (exact) mass is 191 g/mol. The smallest absolute Gasteiger partial charge is 0.266 e. The van der Waals surface area contributed by atoms with Gasteiger partial charge in [-0.1, -0.05) is 12.1 Å². The highest BCUT2D eigenvalue weighted by atomic mass is 16.7. The van der Waals surface area contributed by atoms with Crippen LogP contribution in [0.3, 0.4) is 0 Å². The molecule has 4 heteroatoms. The molecule has 72 valence electrons. The molecule has 0 fully saturated rings. The van der Waals surface area contributed by atoms with Crippen molar-refractivity contribution in [1.82, 2.24) is 0 Å². The first kappa shape index (κ1) is 8.62. The molecule has 1 aromatic carbocycles. The van der Waals surface area contributed by atoms with Gasteiger partial charge in [0.15, 0.2) is 0 Å². The number of hydrogen-bond acceptors (Lipinski definition) is 3. The van der Waals surface area contributed by atoms with Gasteiger partial charge >= 0.3 is 0 Å². The van der Waals surface area contributed by atoms with Gasteiger partial charge in [0.25, 0.3) is 6.29 Å². The van der Waals surface area contributed by atoms with Crippen LogP contribution in [0.25, 0.3) is 0 Å². The number of amides is 1. The zero-order chi connectivity index (χ0) is 9.97. The summed E-state index contributed by atoms with van der Waals surface area (Å²) in [5.41, 5.74) is 6.36. The number of benzene rings is 1. The van der Waals surface area contributed by atoms with E-state index in [2.05, 4.69) is 0 Å². The lowest BCUT2D eigenvalue weighted by Gasteiger charge is -2.10. The standard InChI is InChI=1S/C10H9NO3/c11-9(12)7-2-1-3-8(6-7)10-13-4-5-14-10/h1-6,10H,(H2,11,12). The maximum atomic E-state index is 10.9. The fraction of sp³-hybridized carbons (Fsp3) is 0.100. The van der Waals surface area contributed by atoms with Crippen molar-refractivity contribution < 1.29 is 14.3 Å². The summed E-state index contributed by atoms with van der Waals surface area (Å²) in [5.74, 6) is -0.460. The zero-order valence-electron chi connectivity index (χ0n) is 7.34. The predicted molar refractivity (Wildman–Crippen MR) is 49.0 cm³/mol. The lowest BCUT2D eigenvalue weighted by atomic mass is 10.1. The van der Waals surface area contributed by atoms with Crippen LogP contribution in [0, 0.1) is 0 Å². The maximum Gasteiger partial charge on any atom is 0.266 e. The molecule has 0 aliphatic carbocycles. The van der Waals surface area contributed by atoms with Gasteiger partial charge in [-0.3, -0.25) is 4.79 Å². The Hall–Kier alpha value is -1.97.